The quantitative estimate of drug-likeness (QED) is 0.541. The first-order chi connectivity index (χ1) is 13.4. The number of amides is 1. The molecule has 0 aliphatic heterocycles. The van der Waals surface area contributed by atoms with Crippen LogP contribution in [0.3, 0.4) is 0 Å². The highest BCUT2D eigenvalue weighted by atomic mass is 32.1. The molecule has 1 amide bonds. The Balaban J connectivity index is 1.59. The van der Waals surface area contributed by atoms with E-state index in [0.717, 1.165) is 16.3 Å². The Labute approximate surface area is 167 Å². The highest BCUT2D eigenvalue weighted by Crippen LogP contribution is 2.35. The molecule has 0 unspecified atom stereocenters. The van der Waals surface area contributed by atoms with Crippen LogP contribution in [-0.4, -0.2) is 50.5 Å². The Kier molecular flexibility index (Phi) is 4.77. The van der Waals surface area contributed by atoms with Gasteiger partial charge in [0.25, 0.3) is 0 Å². The van der Waals surface area contributed by atoms with Crippen molar-refractivity contribution in [1.82, 2.24) is 30.3 Å². The molecule has 0 aliphatic carbocycles. The third-order valence-electron chi connectivity index (χ3n) is 3.90. The summed E-state index contributed by atoms with van der Waals surface area (Å²) >= 11 is 2.83. The molecule has 0 bridgehead atoms. The van der Waals surface area contributed by atoms with Gasteiger partial charge in [0.2, 0.25) is 0 Å². The van der Waals surface area contributed by atoms with Crippen molar-refractivity contribution in [2.45, 2.75) is 13.5 Å². The molecule has 0 spiro atoms. The first-order valence-electron chi connectivity index (χ1n) is 8.19. The Hall–Kier alpha value is -2.92. The number of aryl methyl sites for hydroxylation is 1. The van der Waals surface area contributed by atoms with Crippen LogP contribution in [0.15, 0.2) is 17.5 Å². The van der Waals surface area contributed by atoms with Gasteiger partial charge in [0.1, 0.15) is 27.7 Å². The van der Waals surface area contributed by atoms with Crippen LogP contribution in [0.5, 0.6) is 0 Å². The zero-order valence-electron chi connectivity index (χ0n) is 15.2. The molecule has 0 aliphatic rings. The molecule has 0 atom stereocenters. The summed E-state index contributed by atoms with van der Waals surface area (Å²) in [4.78, 5) is 22.9. The molecule has 3 aromatic heterocycles. The van der Waals surface area contributed by atoms with Gasteiger partial charge in [-0.1, -0.05) is 5.21 Å². The summed E-state index contributed by atoms with van der Waals surface area (Å²) in [5.41, 5.74) is 2.91. The fraction of sp³-hybridized carbons (Fsp3) is 0.235. The molecule has 144 valence electrons. The summed E-state index contributed by atoms with van der Waals surface area (Å²) in [5.74, 6) is -0.423. The number of nitrogens with one attached hydrogen (secondary N) is 1. The van der Waals surface area contributed by atoms with E-state index in [1.807, 2.05) is 12.3 Å². The maximum absolute atomic E-state index is 14.2. The number of H-pyrrole nitrogens is 1. The van der Waals surface area contributed by atoms with Crippen molar-refractivity contribution in [3.05, 3.63) is 34.0 Å². The van der Waals surface area contributed by atoms with Gasteiger partial charge in [-0.2, -0.15) is 0 Å². The number of nitrogens with zero attached hydrogens (tertiary/aromatic N) is 5. The lowest BCUT2D eigenvalue weighted by Crippen LogP contribution is -2.22. The third kappa shape index (κ3) is 3.45. The number of aromatic amines is 1. The summed E-state index contributed by atoms with van der Waals surface area (Å²) in [5, 5.41) is 13.3. The smallest absolute Gasteiger partial charge is 0.409 e. The van der Waals surface area contributed by atoms with Crippen molar-refractivity contribution in [2.75, 3.05) is 14.1 Å². The zero-order chi connectivity index (χ0) is 19.8. The molecule has 0 saturated heterocycles. The number of benzene rings is 1. The number of fused-ring (bicyclic) bond motifs is 1. The normalized spacial score (nSPS) is 11.1. The molecule has 0 radical (unpaired) electrons. The second kappa shape index (κ2) is 7.24. The summed E-state index contributed by atoms with van der Waals surface area (Å²) in [6.45, 7) is 1.98. The number of aromatic nitrogens is 5. The maximum atomic E-state index is 14.2. The summed E-state index contributed by atoms with van der Waals surface area (Å²) < 4.78 is 19.4. The molecule has 8 nitrogen and oxygen atoms in total. The number of carbonyl (C=O) groups excluding carboxylic acids is 1. The molecule has 4 aromatic rings. The summed E-state index contributed by atoms with van der Waals surface area (Å²) in [6, 6.07) is 3.16. The number of hydrogen-bond acceptors (Lipinski definition) is 8. The first-order valence-corrected chi connectivity index (χ1v) is 9.89. The van der Waals surface area contributed by atoms with Crippen molar-refractivity contribution in [3.63, 3.8) is 0 Å². The van der Waals surface area contributed by atoms with Crippen LogP contribution in [0.1, 0.15) is 10.7 Å². The lowest BCUT2D eigenvalue weighted by Gasteiger charge is -2.09. The molecule has 28 heavy (non-hydrogen) atoms. The van der Waals surface area contributed by atoms with Gasteiger partial charge in [0.05, 0.1) is 16.3 Å². The van der Waals surface area contributed by atoms with Crippen LogP contribution in [0.4, 0.5) is 9.18 Å². The van der Waals surface area contributed by atoms with E-state index in [-0.39, 0.29) is 12.1 Å². The second-order valence-electron chi connectivity index (χ2n) is 6.17. The summed E-state index contributed by atoms with van der Waals surface area (Å²) in [6.07, 6.45) is -0.421. The number of carbonyl (C=O) groups is 1. The van der Waals surface area contributed by atoms with Crippen molar-refractivity contribution in [1.29, 1.82) is 0 Å². The van der Waals surface area contributed by atoms with Gasteiger partial charge in [-0.3, -0.25) is 5.10 Å². The highest BCUT2D eigenvalue weighted by molar-refractivity contribution is 7.16. The molecular weight excluding hydrogens is 403 g/mol. The van der Waals surface area contributed by atoms with Crippen molar-refractivity contribution in [2.24, 2.45) is 0 Å². The maximum Gasteiger partial charge on any atom is 0.409 e. The minimum atomic E-state index is -0.423. The SMILES string of the molecule is Cc1nc(COC(=O)N(C)C)sc1-c1csc(-c2cc(F)c3[nH]nnc3c2)n1. The zero-order valence-corrected chi connectivity index (χ0v) is 16.8. The number of rotatable bonds is 4. The monoisotopic (exact) mass is 418 g/mol. The van der Waals surface area contributed by atoms with Crippen molar-refractivity contribution in [3.8, 4) is 21.1 Å². The van der Waals surface area contributed by atoms with Crippen LogP contribution in [0.2, 0.25) is 0 Å². The Morgan fingerprint density at radius 1 is 1.32 bits per heavy atom. The van der Waals surface area contributed by atoms with Crippen LogP contribution in [-0.2, 0) is 11.3 Å². The molecule has 11 heteroatoms. The standard InChI is InChI=1S/C17H15FN6O2S2/c1-8-15(28-13(19-8)6-26-17(25)24(2)3)12-7-27-16(20-12)9-4-10(18)14-11(5-9)21-23-22-14/h4-5,7H,6H2,1-3H3,(H,21,22,23). The number of thiazole rings is 2. The second-order valence-corrected chi connectivity index (χ2v) is 8.11. The third-order valence-corrected chi connectivity index (χ3v) is 5.94. The van der Waals surface area contributed by atoms with Gasteiger partial charge >= 0.3 is 6.09 Å². The Morgan fingerprint density at radius 2 is 2.14 bits per heavy atom. The molecule has 0 saturated carbocycles. The van der Waals surface area contributed by atoms with E-state index in [2.05, 4.69) is 25.4 Å². The van der Waals surface area contributed by atoms with E-state index in [4.69, 9.17) is 4.74 Å². The molecule has 0 fully saturated rings. The topological polar surface area (TPSA) is 96.9 Å². The Morgan fingerprint density at radius 3 is 2.93 bits per heavy atom. The highest BCUT2D eigenvalue weighted by Gasteiger charge is 2.16. The largest absolute Gasteiger partial charge is 0.442 e. The minimum Gasteiger partial charge on any atom is -0.442 e. The van der Waals surface area contributed by atoms with Gasteiger partial charge in [0, 0.05) is 25.0 Å². The molecule has 1 N–H and O–H groups in total. The van der Waals surface area contributed by atoms with Crippen LogP contribution >= 0.6 is 22.7 Å². The van der Waals surface area contributed by atoms with Gasteiger partial charge in [-0.15, -0.1) is 27.8 Å². The van der Waals surface area contributed by atoms with E-state index in [1.54, 1.807) is 20.2 Å². The van der Waals surface area contributed by atoms with E-state index in [1.165, 1.54) is 33.6 Å². The van der Waals surface area contributed by atoms with E-state index in [0.29, 0.717) is 21.1 Å². The van der Waals surface area contributed by atoms with Crippen LogP contribution in [0.25, 0.3) is 32.2 Å². The average Bonchev–Trinajstić information content (AvgIpc) is 3.38. The van der Waals surface area contributed by atoms with Gasteiger partial charge in [-0.05, 0) is 19.1 Å². The van der Waals surface area contributed by atoms with E-state index < -0.39 is 11.9 Å². The van der Waals surface area contributed by atoms with Crippen LogP contribution < -0.4 is 0 Å². The number of halogens is 1. The van der Waals surface area contributed by atoms with Gasteiger partial charge in [0.15, 0.2) is 5.82 Å². The average molecular weight is 418 g/mol. The molecule has 3 heterocycles. The predicted molar refractivity (Wildman–Crippen MR) is 105 cm³/mol. The molecular formula is C17H15FN6O2S2. The van der Waals surface area contributed by atoms with Crippen LogP contribution in [0, 0.1) is 12.7 Å². The van der Waals surface area contributed by atoms with Crippen molar-refractivity contribution < 1.29 is 13.9 Å². The lowest BCUT2D eigenvalue weighted by atomic mass is 10.2. The summed E-state index contributed by atoms with van der Waals surface area (Å²) in [7, 11) is 3.24. The first kappa shape index (κ1) is 18.4. The van der Waals surface area contributed by atoms with Gasteiger partial charge in [-0.25, -0.2) is 19.2 Å². The minimum absolute atomic E-state index is 0.105. The van der Waals surface area contributed by atoms with Gasteiger partial charge < -0.3 is 9.64 Å². The van der Waals surface area contributed by atoms with E-state index >= 15 is 0 Å². The lowest BCUT2D eigenvalue weighted by molar-refractivity contribution is 0.112. The molecule has 4 rings (SSSR count). The Bertz CT molecular complexity index is 1170. The van der Waals surface area contributed by atoms with Crippen molar-refractivity contribution >= 4 is 39.8 Å². The number of ether oxygens (including phenoxy) is 1. The number of hydrogen-bond donors (Lipinski definition) is 1. The fourth-order valence-electron chi connectivity index (χ4n) is 2.55. The predicted octanol–water partition coefficient (Wildman–Crippen LogP) is 3.85. The van der Waals surface area contributed by atoms with E-state index in [9.17, 15) is 9.18 Å². The molecule has 1 aromatic carbocycles. The fourth-order valence-corrected chi connectivity index (χ4v) is 4.36.